The minimum absolute atomic E-state index is 0.00574. The van der Waals surface area contributed by atoms with Gasteiger partial charge in [-0.3, -0.25) is 14.4 Å². The number of hydrogen-bond acceptors (Lipinski definition) is 5. The first-order valence-electron chi connectivity index (χ1n) is 7.09. The van der Waals surface area contributed by atoms with Gasteiger partial charge in [0, 0.05) is 24.5 Å². The summed E-state index contributed by atoms with van der Waals surface area (Å²) in [5, 5.41) is 0. The summed E-state index contributed by atoms with van der Waals surface area (Å²) in [6.07, 6.45) is -0.437. The molecule has 2 aliphatic rings. The number of fused-ring (bicyclic) bond motifs is 1. The molecule has 0 amide bonds. The Morgan fingerprint density at radius 1 is 1.18 bits per heavy atom. The fraction of sp³-hybridized carbons (Fsp3) is 0.353. The van der Waals surface area contributed by atoms with Gasteiger partial charge in [0.1, 0.15) is 11.7 Å². The molecule has 0 spiro atoms. The second-order valence-corrected chi connectivity index (χ2v) is 6.11. The molecular formula is C17H16O5. The number of ketones is 2. The van der Waals surface area contributed by atoms with E-state index in [1.807, 2.05) is 0 Å². The first-order chi connectivity index (χ1) is 10.3. The average Bonchev–Trinajstić information content (AvgIpc) is 2.42. The third-order valence-corrected chi connectivity index (χ3v) is 3.80. The molecule has 1 aliphatic heterocycles. The summed E-state index contributed by atoms with van der Waals surface area (Å²) in [6.45, 7) is 4.88. The van der Waals surface area contributed by atoms with Gasteiger partial charge < -0.3 is 9.47 Å². The minimum Gasteiger partial charge on any atom is -0.483 e. The number of Topliss-reactive ketones (excluding diaryl/α,β-unsaturated/α-hetero) is 2. The van der Waals surface area contributed by atoms with Gasteiger partial charge in [0.2, 0.25) is 5.78 Å². The molecule has 0 aromatic heterocycles. The number of allylic oxidation sites excluding steroid dienone is 1. The lowest BCUT2D eigenvalue weighted by Gasteiger charge is -2.39. The monoisotopic (exact) mass is 300 g/mol. The molecule has 5 heteroatoms. The van der Waals surface area contributed by atoms with Gasteiger partial charge >= 0.3 is 5.97 Å². The molecule has 0 radical (unpaired) electrons. The number of esters is 1. The van der Waals surface area contributed by atoms with Gasteiger partial charge in [0.15, 0.2) is 11.5 Å². The fourth-order valence-electron chi connectivity index (χ4n) is 2.93. The van der Waals surface area contributed by atoms with E-state index in [2.05, 4.69) is 0 Å². The molecule has 1 aromatic carbocycles. The summed E-state index contributed by atoms with van der Waals surface area (Å²) >= 11 is 0. The van der Waals surface area contributed by atoms with Crippen LogP contribution in [0.15, 0.2) is 35.6 Å². The molecule has 1 atom stereocenters. The highest BCUT2D eigenvalue weighted by atomic mass is 16.6. The van der Waals surface area contributed by atoms with Gasteiger partial charge in [-0.2, -0.15) is 0 Å². The zero-order valence-electron chi connectivity index (χ0n) is 12.6. The normalized spacial score (nSPS) is 22.6. The predicted octanol–water partition coefficient (Wildman–Crippen LogP) is 2.45. The number of benzene rings is 1. The molecule has 3 rings (SSSR count). The molecule has 0 bridgehead atoms. The Morgan fingerprint density at radius 2 is 1.77 bits per heavy atom. The Kier molecular flexibility index (Phi) is 3.16. The van der Waals surface area contributed by atoms with Crippen molar-refractivity contribution < 1.29 is 23.9 Å². The Balaban J connectivity index is 2.16. The molecule has 0 unspecified atom stereocenters. The fourth-order valence-corrected chi connectivity index (χ4v) is 2.93. The van der Waals surface area contributed by atoms with E-state index in [9.17, 15) is 14.4 Å². The quantitative estimate of drug-likeness (QED) is 0.745. The Labute approximate surface area is 127 Å². The minimum atomic E-state index is -0.763. The van der Waals surface area contributed by atoms with Crippen LogP contribution < -0.4 is 0 Å². The van der Waals surface area contributed by atoms with E-state index >= 15 is 0 Å². The average molecular weight is 300 g/mol. The molecule has 1 aromatic rings. The van der Waals surface area contributed by atoms with Crippen LogP contribution in [-0.4, -0.2) is 29.2 Å². The van der Waals surface area contributed by atoms with Crippen molar-refractivity contribution in [2.24, 2.45) is 0 Å². The molecule has 5 nitrogen and oxygen atoms in total. The van der Waals surface area contributed by atoms with Crippen molar-refractivity contribution in [3.05, 3.63) is 46.7 Å². The van der Waals surface area contributed by atoms with E-state index in [0.29, 0.717) is 17.5 Å². The smallest absolute Gasteiger partial charge is 0.303 e. The van der Waals surface area contributed by atoms with Gasteiger partial charge in [-0.25, -0.2) is 0 Å². The van der Waals surface area contributed by atoms with Crippen LogP contribution in [0.2, 0.25) is 0 Å². The Bertz CT molecular complexity index is 726. The van der Waals surface area contributed by atoms with Crippen molar-refractivity contribution in [1.29, 1.82) is 0 Å². The van der Waals surface area contributed by atoms with Gasteiger partial charge in [0.25, 0.3) is 0 Å². The summed E-state index contributed by atoms with van der Waals surface area (Å²) in [5.41, 5.74) is 0.108. The maximum atomic E-state index is 12.7. The molecule has 0 fully saturated rings. The SMILES string of the molecule is CC(=O)O[C@H]1CC(C)(C)OC2=C1C(=O)c1ccccc1C2=O. The van der Waals surface area contributed by atoms with Crippen molar-refractivity contribution in [2.75, 3.05) is 0 Å². The first-order valence-corrected chi connectivity index (χ1v) is 7.09. The molecule has 1 heterocycles. The van der Waals surface area contributed by atoms with Crippen molar-refractivity contribution in [3.63, 3.8) is 0 Å². The van der Waals surface area contributed by atoms with Crippen molar-refractivity contribution >= 4 is 17.5 Å². The Morgan fingerprint density at radius 3 is 2.36 bits per heavy atom. The Hall–Kier alpha value is -2.43. The molecule has 0 N–H and O–H groups in total. The molecule has 1 aliphatic carbocycles. The van der Waals surface area contributed by atoms with E-state index in [1.54, 1.807) is 38.1 Å². The molecular weight excluding hydrogens is 284 g/mol. The second kappa shape index (κ2) is 4.80. The summed E-state index contributed by atoms with van der Waals surface area (Å²) in [5.74, 6) is -1.14. The number of carbonyl (C=O) groups excluding carboxylic acids is 3. The van der Waals surface area contributed by atoms with E-state index in [-0.39, 0.29) is 22.9 Å². The number of ether oxygens (including phenoxy) is 2. The highest BCUT2D eigenvalue weighted by Crippen LogP contribution is 2.39. The summed E-state index contributed by atoms with van der Waals surface area (Å²) in [4.78, 5) is 36.7. The lowest BCUT2D eigenvalue weighted by Crippen LogP contribution is -2.44. The van der Waals surface area contributed by atoms with Crippen LogP contribution in [0, 0.1) is 0 Å². The number of hydrogen-bond donors (Lipinski definition) is 0. The van der Waals surface area contributed by atoms with Crippen molar-refractivity contribution in [2.45, 2.75) is 38.9 Å². The second-order valence-electron chi connectivity index (χ2n) is 6.11. The number of rotatable bonds is 1. The molecule has 22 heavy (non-hydrogen) atoms. The van der Waals surface area contributed by atoms with Crippen LogP contribution in [0.1, 0.15) is 47.9 Å². The van der Waals surface area contributed by atoms with Gasteiger partial charge in [-0.15, -0.1) is 0 Å². The maximum Gasteiger partial charge on any atom is 0.303 e. The topological polar surface area (TPSA) is 69.7 Å². The zero-order chi connectivity index (χ0) is 16.1. The van der Waals surface area contributed by atoms with E-state index in [4.69, 9.17) is 9.47 Å². The highest BCUT2D eigenvalue weighted by molar-refractivity contribution is 6.26. The summed E-state index contributed by atoms with van der Waals surface area (Å²) in [7, 11) is 0. The zero-order valence-corrected chi connectivity index (χ0v) is 12.6. The van der Waals surface area contributed by atoms with E-state index in [1.165, 1.54) is 6.92 Å². The highest BCUT2D eigenvalue weighted by Gasteiger charge is 2.46. The van der Waals surface area contributed by atoms with Crippen molar-refractivity contribution in [3.8, 4) is 0 Å². The summed E-state index contributed by atoms with van der Waals surface area (Å²) < 4.78 is 11.0. The van der Waals surface area contributed by atoms with Crippen LogP contribution in [0.3, 0.4) is 0 Å². The van der Waals surface area contributed by atoms with Gasteiger partial charge in [-0.1, -0.05) is 24.3 Å². The van der Waals surface area contributed by atoms with Crippen LogP contribution >= 0.6 is 0 Å². The van der Waals surface area contributed by atoms with Crippen LogP contribution in [0.5, 0.6) is 0 Å². The van der Waals surface area contributed by atoms with Crippen molar-refractivity contribution in [1.82, 2.24) is 0 Å². The standard InChI is InChI=1S/C17H16O5/c1-9(18)21-12-8-17(2,3)22-16-13(12)14(19)10-6-4-5-7-11(10)15(16)20/h4-7,12H,8H2,1-3H3/t12-/m0/s1. The van der Waals surface area contributed by atoms with Gasteiger partial charge in [0.05, 0.1) is 5.57 Å². The predicted molar refractivity (Wildman–Crippen MR) is 77.5 cm³/mol. The van der Waals surface area contributed by atoms with Crippen LogP contribution in [0.4, 0.5) is 0 Å². The molecule has 114 valence electrons. The van der Waals surface area contributed by atoms with E-state index < -0.39 is 17.7 Å². The van der Waals surface area contributed by atoms with E-state index in [0.717, 1.165) is 0 Å². The largest absolute Gasteiger partial charge is 0.483 e. The lowest BCUT2D eigenvalue weighted by atomic mass is 9.80. The van der Waals surface area contributed by atoms with Crippen LogP contribution in [0.25, 0.3) is 0 Å². The first kappa shape index (κ1) is 14.5. The lowest BCUT2D eigenvalue weighted by molar-refractivity contribution is -0.148. The molecule has 0 saturated carbocycles. The van der Waals surface area contributed by atoms with Gasteiger partial charge in [-0.05, 0) is 13.8 Å². The third kappa shape index (κ3) is 2.22. The molecule has 0 saturated heterocycles. The summed E-state index contributed by atoms with van der Waals surface area (Å²) in [6, 6.07) is 6.60. The number of carbonyl (C=O) groups is 3. The third-order valence-electron chi connectivity index (χ3n) is 3.80. The maximum absolute atomic E-state index is 12.7. The van der Waals surface area contributed by atoms with Crippen LogP contribution in [-0.2, 0) is 14.3 Å².